The van der Waals surface area contributed by atoms with E-state index in [0.717, 1.165) is 39.4 Å². The van der Waals surface area contributed by atoms with Crippen LogP contribution >= 0.6 is 0 Å². The molecule has 2 aromatic heterocycles. The molecular weight excluding hydrogens is 386 g/mol. The van der Waals surface area contributed by atoms with Gasteiger partial charge in [-0.3, -0.25) is 0 Å². The number of nitrogens with zero attached hydrogens (tertiary/aromatic N) is 3. The van der Waals surface area contributed by atoms with Crippen LogP contribution in [0.1, 0.15) is 45.5 Å². The van der Waals surface area contributed by atoms with Crippen molar-refractivity contribution in [3.8, 4) is 23.0 Å². The second kappa shape index (κ2) is 8.45. The van der Waals surface area contributed by atoms with E-state index in [4.69, 9.17) is 10.1 Å². The Labute approximate surface area is 181 Å². The number of aromatic nitrogens is 3. The van der Waals surface area contributed by atoms with E-state index in [1.165, 1.54) is 0 Å². The van der Waals surface area contributed by atoms with Gasteiger partial charge in [0.05, 0.1) is 17.7 Å². The van der Waals surface area contributed by atoms with Crippen LogP contribution in [0.2, 0.25) is 0 Å². The van der Waals surface area contributed by atoms with Gasteiger partial charge in [-0.05, 0) is 49.6 Å². The largest absolute Gasteiger partial charge is 0.478 e. The molecule has 0 spiro atoms. The minimum Gasteiger partial charge on any atom is -0.478 e. The first-order valence-electron chi connectivity index (χ1n) is 10.1. The summed E-state index contributed by atoms with van der Waals surface area (Å²) >= 11 is 0. The van der Waals surface area contributed by atoms with E-state index in [1.807, 2.05) is 67.8 Å². The van der Waals surface area contributed by atoms with Gasteiger partial charge < -0.3 is 5.11 Å². The van der Waals surface area contributed by atoms with Crippen LogP contribution in [0.3, 0.4) is 0 Å². The van der Waals surface area contributed by atoms with Crippen LogP contribution in [0.15, 0.2) is 54.6 Å². The fourth-order valence-electron chi connectivity index (χ4n) is 3.83. The average molecular weight is 409 g/mol. The molecule has 0 amide bonds. The van der Waals surface area contributed by atoms with Gasteiger partial charge in [-0.1, -0.05) is 48.4 Å². The second-order valence-electron chi connectivity index (χ2n) is 7.53. The minimum absolute atomic E-state index is 0.299. The zero-order valence-corrected chi connectivity index (χ0v) is 17.8. The van der Waals surface area contributed by atoms with Crippen molar-refractivity contribution in [3.63, 3.8) is 0 Å². The monoisotopic (exact) mass is 409 g/mol. The molecule has 0 fully saturated rings. The molecule has 0 aliphatic carbocycles. The van der Waals surface area contributed by atoms with Crippen molar-refractivity contribution >= 4 is 11.6 Å². The summed E-state index contributed by atoms with van der Waals surface area (Å²) < 4.78 is 1.90. The standard InChI is InChI=1S/C26H23N3O2/c1-4-5-10-24-23(25-27-17(2)15-18(3)29(25)28-24)16-19-11-13-20(14-12-19)21-8-6-7-9-22(21)26(30)31/h6-9,11-15H,10,16H2,1-3H3,(H,30,31). The smallest absolute Gasteiger partial charge is 0.336 e. The molecule has 0 saturated heterocycles. The van der Waals surface area contributed by atoms with Gasteiger partial charge in [0.1, 0.15) is 0 Å². The summed E-state index contributed by atoms with van der Waals surface area (Å²) in [6.45, 7) is 5.85. The highest BCUT2D eigenvalue weighted by Gasteiger charge is 2.16. The minimum atomic E-state index is -0.926. The number of rotatable bonds is 5. The van der Waals surface area contributed by atoms with Crippen molar-refractivity contribution < 1.29 is 9.90 Å². The second-order valence-corrected chi connectivity index (χ2v) is 7.53. The van der Waals surface area contributed by atoms with E-state index in [1.54, 1.807) is 12.1 Å². The molecule has 2 heterocycles. The maximum Gasteiger partial charge on any atom is 0.336 e. The van der Waals surface area contributed by atoms with Crippen molar-refractivity contribution in [1.82, 2.24) is 14.6 Å². The predicted molar refractivity (Wildman–Crippen MR) is 121 cm³/mol. The van der Waals surface area contributed by atoms with Crippen molar-refractivity contribution in [2.75, 3.05) is 0 Å². The van der Waals surface area contributed by atoms with Gasteiger partial charge in [-0.25, -0.2) is 14.3 Å². The summed E-state index contributed by atoms with van der Waals surface area (Å²) in [5.41, 5.74) is 7.88. The molecule has 0 bridgehead atoms. The van der Waals surface area contributed by atoms with Crippen molar-refractivity contribution in [1.29, 1.82) is 0 Å². The molecule has 2 aromatic carbocycles. The number of carboxylic acids is 1. The summed E-state index contributed by atoms with van der Waals surface area (Å²) in [5.74, 6) is 5.15. The molecule has 5 heteroatoms. The van der Waals surface area contributed by atoms with E-state index >= 15 is 0 Å². The lowest BCUT2D eigenvalue weighted by atomic mass is 9.97. The van der Waals surface area contributed by atoms with Crippen LogP contribution in [0.5, 0.6) is 0 Å². The highest BCUT2D eigenvalue weighted by molar-refractivity contribution is 5.96. The third kappa shape index (κ3) is 4.06. The number of carboxylic acid groups (broad SMARTS) is 1. The summed E-state index contributed by atoms with van der Waals surface area (Å²) in [4.78, 5) is 16.3. The third-order valence-corrected chi connectivity index (χ3v) is 5.31. The first-order chi connectivity index (χ1) is 15.0. The summed E-state index contributed by atoms with van der Waals surface area (Å²) in [6, 6.07) is 17.1. The number of benzene rings is 2. The Balaban J connectivity index is 1.73. The lowest BCUT2D eigenvalue weighted by Crippen LogP contribution is -1.99. The van der Waals surface area contributed by atoms with Gasteiger partial charge in [0.2, 0.25) is 0 Å². The van der Waals surface area contributed by atoms with Gasteiger partial charge in [-0.15, -0.1) is 5.92 Å². The van der Waals surface area contributed by atoms with Crippen LogP contribution in [0.25, 0.3) is 16.8 Å². The Bertz CT molecular complexity index is 1340. The molecule has 0 aliphatic rings. The molecule has 4 aromatic rings. The lowest BCUT2D eigenvalue weighted by Gasteiger charge is -2.08. The fourth-order valence-corrected chi connectivity index (χ4v) is 3.83. The van der Waals surface area contributed by atoms with E-state index in [0.29, 0.717) is 24.0 Å². The van der Waals surface area contributed by atoms with Crippen molar-refractivity contribution in [3.05, 3.63) is 88.4 Å². The van der Waals surface area contributed by atoms with Crippen molar-refractivity contribution in [2.24, 2.45) is 0 Å². The molecule has 154 valence electrons. The molecule has 0 atom stereocenters. The number of aryl methyl sites for hydroxylation is 2. The molecule has 4 rings (SSSR count). The van der Waals surface area contributed by atoms with E-state index in [9.17, 15) is 9.90 Å². The quantitative estimate of drug-likeness (QED) is 0.478. The van der Waals surface area contributed by atoms with E-state index in [2.05, 4.69) is 11.8 Å². The van der Waals surface area contributed by atoms with E-state index in [-0.39, 0.29) is 0 Å². The molecule has 0 aliphatic heterocycles. The zero-order valence-electron chi connectivity index (χ0n) is 17.8. The van der Waals surface area contributed by atoms with Gasteiger partial charge >= 0.3 is 5.97 Å². The number of hydrogen-bond acceptors (Lipinski definition) is 3. The Kier molecular flexibility index (Phi) is 5.55. The van der Waals surface area contributed by atoms with Gasteiger partial charge in [-0.2, -0.15) is 5.10 Å². The van der Waals surface area contributed by atoms with Gasteiger partial charge in [0.25, 0.3) is 0 Å². The van der Waals surface area contributed by atoms with Crippen LogP contribution in [0, 0.1) is 25.7 Å². The van der Waals surface area contributed by atoms with Crippen LogP contribution in [-0.2, 0) is 12.8 Å². The first-order valence-corrected chi connectivity index (χ1v) is 10.1. The Morgan fingerprint density at radius 1 is 1.10 bits per heavy atom. The fraction of sp³-hybridized carbons (Fsp3) is 0.192. The first kappa shape index (κ1) is 20.4. The average Bonchev–Trinajstić information content (AvgIpc) is 3.10. The van der Waals surface area contributed by atoms with Crippen molar-refractivity contribution in [2.45, 2.75) is 33.6 Å². The molecule has 0 radical (unpaired) electrons. The summed E-state index contributed by atoms with van der Waals surface area (Å²) in [6.07, 6.45) is 1.26. The molecule has 5 nitrogen and oxygen atoms in total. The number of hydrogen-bond donors (Lipinski definition) is 1. The summed E-state index contributed by atoms with van der Waals surface area (Å²) in [5, 5.41) is 14.2. The van der Waals surface area contributed by atoms with Crippen LogP contribution in [-0.4, -0.2) is 25.7 Å². The Morgan fingerprint density at radius 3 is 2.55 bits per heavy atom. The lowest BCUT2D eigenvalue weighted by molar-refractivity contribution is 0.0697. The summed E-state index contributed by atoms with van der Waals surface area (Å²) in [7, 11) is 0. The number of fused-ring (bicyclic) bond motifs is 1. The Hall–Kier alpha value is -3.91. The molecular formula is C26H23N3O2. The van der Waals surface area contributed by atoms with Crippen LogP contribution < -0.4 is 0 Å². The molecule has 0 saturated carbocycles. The van der Waals surface area contributed by atoms with Gasteiger partial charge in [0.15, 0.2) is 5.65 Å². The number of carbonyl (C=O) groups is 1. The molecule has 0 unspecified atom stereocenters. The van der Waals surface area contributed by atoms with E-state index < -0.39 is 5.97 Å². The topological polar surface area (TPSA) is 67.5 Å². The zero-order chi connectivity index (χ0) is 22.0. The SMILES string of the molecule is CC#CCc1nn2c(C)cc(C)nc2c1Cc1ccc(-c2ccccc2C(=O)O)cc1. The highest BCUT2D eigenvalue weighted by atomic mass is 16.4. The predicted octanol–water partition coefficient (Wildman–Crippen LogP) is 4.87. The molecule has 31 heavy (non-hydrogen) atoms. The number of aromatic carboxylic acids is 1. The maximum absolute atomic E-state index is 11.5. The highest BCUT2D eigenvalue weighted by Crippen LogP contribution is 2.26. The maximum atomic E-state index is 11.5. The Morgan fingerprint density at radius 2 is 1.84 bits per heavy atom. The van der Waals surface area contributed by atoms with Gasteiger partial charge in [0, 0.05) is 23.4 Å². The normalized spacial score (nSPS) is 10.7. The third-order valence-electron chi connectivity index (χ3n) is 5.31. The van der Waals surface area contributed by atoms with Crippen LogP contribution in [0.4, 0.5) is 0 Å². The molecule has 1 N–H and O–H groups in total.